The predicted octanol–water partition coefficient (Wildman–Crippen LogP) is 16.0. The van der Waals surface area contributed by atoms with E-state index in [1.807, 2.05) is 0 Å². The van der Waals surface area contributed by atoms with Crippen LogP contribution in [-0.2, 0) is 23.9 Å². The van der Waals surface area contributed by atoms with Gasteiger partial charge in [0.1, 0.15) is 0 Å². The predicted molar refractivity (Wildman–Crippen MR) is 258 cm³/mol. The molecule has 0 spiro atoms. The highest BCUT2D eigenvalue weighted by Crippen LogP contribution is 2.41. The van der Waals surface area contributed by atoms with Gasteiger partial charge in [0.05, 0.1) is 13.2 Å². The van der Waals surface area contributed by atoms with E-state index in [1.165, 1.54) is 167 Å². The Balaban J connectivity index is 4.06. The standard InChI is InChI=1S/C52H102NO5P/c1-7-11-34-48(35-12-8-2)38-27-29-44-57-50(54)40-25-21-17-15-19-23-31-46-59(52(56)42-33-43-53(5)6)47-32-24-20-16-18-22-26-41-51(55)58-45-30-28-39-49(36-13-9-3)37-14-10-4/h48-49H,7-47H2,1-6H3. The molecule has 0 bridgehead atoms. The number of nitrogens with zero attached hydrogens (tertiary/aromatic N) is 1. The number of ether oxygens (including phenoxy) is 2. The summed E-state index contributed by atoms with van der Waals surface area (Å²) < 4.78 is 11.1. The summed E-state index contributed by atoms with van der Waals surface area (Å²) in [6.45, 7) is 11.3. The normalized spacial score (nSPS) is 11.8. The second-order valence-corrected chi connectivity index (χ2v) is 20.9. The first-order chi connectivity index (χ1) is 28.8. The number of hydrogen-bond acceptors (Lipinski definition) is 6. The maximum absolute atomic E-state index is 13.2. The first kappa shape index (κ1) is 58.0. The van der Waals surface area contributed by atoms with Crippen molar-refractivity contribution in [3.8, 4) is 0 Å². The van der Waals surface area contributed by atoms with E-state index in [1.54, 1.807) is 0 Å². The fourth-order valence-electron chi connectivity index (χ4n) is 8.40. The number of esters is 2. The summed E-state index contributed by atoms with van der Waals surface area (Å²) in [6.07, 6.45) is 44.1. The summed E-state index contributed by atoms with van der Waals surface area (Å²) in [5.74, 6) is 1.69. The van der Waals surface area contributed by atoms with E-state index in [9.17, 15) is 14.4 Å². The molecule has 0 rings (SSSR count). The van der Waals surface area contributed by atoms with Crippen molar-refractivity contribution in [3.63, 3.8) is 0 Å². The molecule has 59 heavy (non-hydrogen) atoms. The Bertz CT molecular complexity index is 853. The quantitative estimate of drug-likeness (QED) is 0.0345. The highest BCUT2D eigenvalue weighted by molar-refractivity contribution is 7.74. The van der Waals surface area contributed by atoms with Gasteiger partial charge in [-0.3, -0.25) is 14.4 Å². The zero-order valence-corrected chi connectivity index (χ0v) is 41.5. The van der Waals surface area contributed by atoms with Crippen LogP contribution in [0.15, 0.2) is 0 Å². The maximum atomic E-state index is 13.2. The third kappa shape index (κ3) is 40.8. The zero-order valence-electron chi connectivity index (χ0n) is 40.6. The first-order valence-corrected chi connectivity index (χ1v) is 27.7. The SMILES string of the molecule is CCCCC(CCCC)CCCCOC(=O)CCCCCCCCCP(CCCCCCCCCC(=O)OCCCCC(CCCC)CCCC)C(=O)CCCN(C)C. The molecule has 0 aliphatic rings. The van der Waals surface area contributed by atoms with E-state index in [4.69, 9.17) is 9.47 Å². The number of carbonyl (C=O) groups excluding carboxylic acids is 3. The molecule has 0 aromatic rings. The highest BCUT2D eigenvalue weighted by Gasteiger charge is 2.17. The van der Waals surface area contributed by atoms with Gasteiger partial charge >= 0.3 is 11.9 Å². The van der Waals surface area contributed by atoms with Crippen LogP contribution in [0.2, 0.25) is 0 Å². The lowest BCUT2D eigenvalue weighted by Gasteiger charge is -2.17. The van der Waals surface area contributed by atoms with Gasteiger partial charge in [0.2, 0.25) is 0 Å². The van der Waals surface area contributed by atoms with Gasteiger partial charge in [-0.1, -0.05) is 182 Å². The lowest BCUT2D eigenvalue weighted by atomic mass is 9.91. The number of carbonyl (C=O) groups is 3. The van der Waals surface area contributed by atoms with Gasteiger partial charge in [0.15, 0.2) is 5.52 Å². The van der Waals surface area contributed by atoms with Gasteiger partial charge in [0, 0.05) is 19.3 Å². The average molecular weight is 852 g/mol. The molecule has 0 amide bonds. The number of hydrogen-bond donors (Lipinski definition) is 0. The van der Waals surface area contributed by atoms with Crippen LogP contribution in [0.3, 0.4) is 0 Å². The summed E-state index contributed by atoms with van der Waals surface area (Å²) in [5.41, 5.74) is 0.548. The minimum Gasteiger partial charge on any atom is -0.466 e. The van der Waals surface area contributed by atoms with Gasteiger partial charge in [0.25, 0.3) is 0 Å². The molecular weight excluding hydrogens is 750 g/mol. The highest BCUT2D eigenvalue weighted by atomic mass is 31.1. The monoisotopic (exact) mass is 852 g/mol. The van der Waals surface area contributed by atoms with Crippen LogP contribution in [0, 0.1) is 11.8 Å². The molecular formula is C52H102NO5P. The van der Waals surface area contributed by atoms with Crippen molar-refractivity contribution >= 4 is 25.4 Å². The summed E-state index contributed by atoms with van der Waals surface area (Å²) in [6, 6.07) is 0. The molecule has 350 valence electrons. The molecule has 0 N–H and O–H groups in total. The van der Waals surface area contributed by atoms with Crippen molar-refractivity contribution in [2.45, 2.75) is 259 Å². The molecule has 6 nitrogen and oxygen atoms in total. The third-order valence-corrected chi connectivity index (χ3v) is 15.0. The van der Waals surface area contributed by atoms with Crippen molar-refractivity contribution in [2.75, 3.05) is 46.2 Å². The maximum Gasteiger partial charge on any atom is 0.305 e. The molecule has 7 heteroatoms. The van der Waals surface area contributed by atoms with E-state index in [-0.39, 0.29) is 11.9 Å². The molecule has 0 radical (unpaired) electrons. The summed E-state index contributed by atoms with van der Waals surface area (Å²) in [7, 11) is 3.66. The van der Waals surface area contributed by atoms with Crippen molar-refractivity contribution in [2.24, 2.45) is 11.8 Å². The Hall–Kier alpha value is -1.00. The van der Waals surface area contributed by atoms with E-state index in [0.29, 0.717) is 31.6 Å². The van der Waals surface area contributed by atoms with Crippen molar-refractivity contribution in [3.05, 3.63) is 0 Å². The molecule has 0 aromatic heterocycles. The van der Waals surface area contributed by atoms with E-state index < -0.39 is 7.92 Å². The van der Waals surface area contributed by atoms with Gasteiger partial charge in [-0.25, -0.2) is 0 Å². The Kier molecular flexibility index (Phi) is 44.3. The van der Waals surface area contributed by atoms with Crippen molar-refractivity contribution in [1.29, 1.82) is 0 Å². The molecule has 0 unspecified atom stereocenters. The molecule has 0 aliphatic heterocycles. The molecule has 0 aromatic carbocycles. The van der Waals surface area contributed by atoms with Crippen LogP contribution in [-0.4, -0.2) is 68.5 Å². The second-order valence-electron chi connectivity index (χ2n) is 18.5. The van der Waals surface area contributed by atoms with Gasteiger partial charge in [-0.15, -0.1) is 0 Å². The molecule has 0 saturated heterocycles. The molecule has 0 heterocycles. The lowest BCUT2D eigenvalue weighted by molar-refractivity contribution is -0.144. The van der Waals surface area contributed by atoms with E-state index in [2.05, 4.69) is 46.7 Å². The van der Waals surface area contributed by atoms with Crippen molar-refractivity contribution < 1.29 is 23.9 Å². The zero-order chi connectivity index (χ0) is 43.4. The van der Waals surface area contributed by atoms with Crippen LogP contribution in [0.4, 0.5) is 0 Å². The fourth-order valence-corrected chi connectivity index (χ4v) is 10.8. The topological polar surface area (TPSA) is 72.9 Å². The van der Waals surface area contributed by atoms with Crippen LogP contribution in [0.25, 0.3) is 0 Å². The molecule has 0 fully saturated rings. The van der Waals surface area contributed by atoms with Crippen molar-refractivity contribution in [1.82, 2.24) is 4.90 Å². The number of unbranched alkanes of at least 4 members (excludes halogenated alkanes) is 18. The van der Waals surface area contributed by atoms with Gasteiger partial charge in [-0.05, 0) is 111 Å². The molecule has 0 saturated carbocycles. The fraction of sp³-hybridized carbons (Fsp3) is 0.942. The summed E-state index contributed by atoms with van der Waals surface area (Å²) in [4.78, 5) is 39.9. The Morgan fingerprint density at radius 3 is 1.10 bits per heavy atom. The molecule has 0 aliphatic carbocycles. The second kappa shape index (κ2) is 45.0. The minimum absolute atomic E-state index is 0.0133. The van der Waals surface area contributed by atoms with Crippen LogP contribution >= 0.6 is 7.92 Å². The largest absolute Gasteiger partial charge is 0.466 e. The lowest BCUT2D eigenvalue weighted by Crippen LogP contribution is -2.14. The average Bonchev–Trinajstić information content (AvgIpc) is 3.22. The Morgan fingerprint density at radius 1 is 0.407 bits per heavy atom. The Morgan fingerprint density at radius 2 is 0.746 bits per heavy atom. The van der Waals surface area contributed by atoms with Gasteiger partial charge in [-0.2, -0.15) is 0 Å². The minimum atomic E-state index is -0.522. The molecule has 0 atom stereocenters. The summed E-state index contributed by atoms with van der Waals surface area (Å²) >= 11 is 0. The van der Waals surface area contributed by atoms with Gasteiger partial charge < -0.3 is 14.4 Å². The third-order valence-electron chi connectivity index (χ3n) is 12.4. The van der Waals surface area contributed by atoms with E-state index in [0.717, 1.165) is 82.1 Å². The smallest absolute Gasteiger partial charge is 0.305 e. The van der Waals surface area contributed by atoms with Crippen LogP contribution in [0.1, 0.15) is 259 Å². The Labute approximate surface area is 369 Å². The number of rotatable bonds is 47. The first-order valence-electron chi connectivity index (χ1n) is 26.0. The van der Waals surface area contributed by atoms with Crippen LogP contribution < -0.4 is 0 Å². The van der Waals surface area contributed by atoms with E-state index >= 15 is 0 Å². The van der Waals surface area contributed by atoms with Crippen LogP contribution in [0.5, 0.6) is 0 Å². The summed E-state index contributed by atoms with van der Waals surface area (Å²) in [5, 5.41) is 0.